The molecule has 2 unspecified atom stereocenters. The van der Waals surface area contributed by atoms with Gasteiger partial charge in [0.25, 0.3) is 0 Å². The minimum absolute atomic E-state index is 0.273. The number of aliphatic hydroxyl groups is 1. The summed E-state index contributed by atoms with van der Waals surface area (Å²) < 4.78 is 0. The quantitative estimate of drug-likeness (QED) is 0.728. The fraction of sp³-hybridized carbons (Fsp3) is 0.917. The normalized spacial score (nSPS) is 24.3. The molecule has 1 aliphatic rings. The largest absolute Gasteiger partial charge is 0.396 e. The molecule has 2 atom stereocenters. The van der Waals surface area contributed by atoms with Gasteiger partial charge in [-0.15, -0.1) is 0 Å². The molecule has 0 amide bonds. The van der Waals surface area contributed by atoms with Gasteiger partial charge in [0, 0.05) is 25.1 Å². The van der Waals surface area contributed by atoms with Crippen LogP contribution in [0.25, 0.3) is 0 Å². The maximum Gasteiger partial charge on any atom is 0.131 e. The molecule has 0 aromatic rings. The number of aliphatic hydroxyl groups excluding tert-OH is 1. The number of likely N-dealkylation sites (tertiary alicyclic amines) is 1. The van der Waals surface area contributed by atoms with Crippen LogP contribution in [0.3, 0.4) is 0 Å². The molecule has 1 aliphatic heterocycles. The van der Waals surface area contributed by atoms with Gasteiger partial charge in [-0.2, -0.15) is 0 Å². The second-order valence-corrected chi connectivity index (χ2v) is 4.65. The Morgan fingerprint density at radius 2 is 2.33 bits per heavy atom. The van der Waals surface area contributed by atoms with Crippen molar-refractivity contribution in [3.8, 4) is 0 Å². The first-order valence-corrected chi connectivity index (χ1v) is 6.01. The Balaban J connectivity index is 2.40. The van der Waals surface area contributed by atoms with Gasteiger partial charge >= 0.3 is 0 Å². The van der Waals surface area contributed by atoms with E-state index >= 15 is 0 Å². The van der Waals surface area contributed by atoms with Gasteiger partial charge in [0.2, 0.25) is 0 Å². The highest BCUT2D eigenvalue weighted by Crippen LogP contribution is 2.24. The number of carbonyl (C=O) groups is 1. The van der Waals surface area contributed by atoms with Crippen molar-refractivity contribution in [3.05, 3.63) is 0 Å². The first-order valence-electron chi connectivity index (χ1n) is 6.01. The zero-order valence-corrected chi connectivity index (χ0v) is 9.91. The number of Topliss-reactive ketones (excluding diaryl/α,β-unsaturated/α-hetero) is 1. The molecule has 1 rings (SSSR count). The van der Waals surface area contributed by atoms with Gasteiger partial charge in [-0.3, -0.25) is 9.69 Å². The Morgan fingerprint density at radius 3 is 2.93 bits per heavy atom. The van der Waals surface area contributed by atoms with E-state index in [1.807, 2.05) is 0 Å². The maximum absolute atomic E-state index is 11.1. The number of hydrogen-bond acceptors (Lipinski definition) is 3. The van der Waals surface area contributed by atoms with E-state index in [1.54, 1.807) is 6.92 Å². The lowest BCUT2D eigenvalue weighted by atomic mass is 10.1. The van der Waals surface area contributed by atoms with Gasteiger partial charge in [0.15, 0.2) is 0 Å². The van der Waals surface area contributed by atoms with Crippen molar-refractivity contribution < 1.29 is 9.90 Å². The molecule has 0 spiro atoms. The summed E-state index contributed by atoms with van der Waals surface area (Å²) in [5, 5.41) is 8.82. The minimum atomic E-state index is 0.273. The highest BCUT2D eigenvalue weighted by atomic mass is 16.2. The summed E-state index contributed by atoms with van der Waals surface area (Å²) in [6, 6.07) is 0.959. The molecule has 88 valence electrons. The van der Waals surface area contributed by atoms with E-state index in [2.05, 4.69) is 11.8 Å². The van der Waals surface area contributed by atoms with Gasteiger partial charge in [-0.25, -0.2) is 0 Å². The molecule has 3 nitrogen and oxygen atoms in total. The lowest BCUT2D eigenvalue weighted by Gasteiger charge is -2.30. The van der Waals surface area contributed by atoms with E-state index < -0.39 is 0 Å². The second kappa shape index (κ2) is 6.23. The Kier molecular flexibility index (Phi) is 5.26. The molecular weight excluding hydrogens is 190 g/mol. The van der Waals surface area contributed by atoms with Crippen molar-refractivity contribution in [2.24, 2.45) is 0 Å². The van der Waals surface area contributed by atoms with Crippen LogP contribution in [0.5, 0.6) is 0 Å². The molecule has 1 N–H and O–H groups in total. The first-order chi connectivity index (χ1) is 7.15. The summed E-state index contributed by atoms with van der Waals surface area (Å²) in [5.74, 6) is 0.273. The molecule has 1 saturated heterocycles. The first kappa shape index (κ1) is 12.7. The van der Waals surface area contributed by atoms with Crippen molar-refractivity contribution in [1.82, 2.24) is 4.90 Å². The van der Waals surface area contributed by atoms with Gasteiger partial charge in [0.05, 0.1) is 0 Å². The van der Waals surface area contributed by atoms with Gasteiger partial charge in [0.1, 0.15) is 5.78 Å². The molecule has 3 heteroatoms. The number of rotatable bonds is 6. The number of ketones is 1. The van der Waals surface area contributed by atoms with Gasteiger partial charge < -0.3 is 5.11 Å². The molecule has 0 saturated carbocycles. The highest BCUT2D eigenvalue weighted by Gasteiger charge is 2.28. The Morgan fingerprint density at radius 1 is 1.60 bits per heavy atom. The van der Waals surface area contributed by atoms with E-state index in [1.165, 1.54) is 12.8 Å². The van der Waals surface area contributed by atoms with Crippen LogP contribution in [0.1, 0.15) is 46.0 Å². The Labute approximate surface area is 92.5 Å². The SMILES string of the molecule is CC(=O)CC(C)N1CCCC1CCCO. The zero-order chi connectivity index (χ0) is 11.3. The van der Waals surface area contributed by atoms with Crippen LogP contribution in [-0.4, -0.2) is 41.0 Å². The van der Waals surface area contributed by atoms with Crippen molar-refractivity contribution >= 4 is 5.78 Å². The summed E-state index contributed by atoms with van der Waals surface area (Å²) in [5.41, 5.74) is 0. The Bertz CT molecular complexity index is 206. The highest BCUT2D eigenvalue weighted by molar-refractivity contribution is 5.76. The fourth-order valence-corrected chi connectivity index (χ4v) is 2.61. The predicted octanol–water partition coefficient (Wildman–Crippen LogP) is 1.59. The number of nitrogens with zero attached hydrogens (tertiary/aromatic N) is 1. The van der Waals surface area contributed by atoms with Crippen molar-refractivity contribution in [2.75, 3.05) is 13.2 Å². The lowest BCUT2D eigenvalue weighted by molar-refractivity contribution is -0.118. The van der Waals surface area contributed by atoms with Crippen LogP contribution in [-0.2, 0) is 4.79 Å². The molecule has 0 aromatic carbocycles. The van der Waals surface area contributed by atoms with Crippen molar-refractivity contribution in [1.29, 1.82) is 0 Å². The smallest absolute Gasteiger partial charge is 0.131 e. The fourth-order valence-electron chi connectivity index (χ4n) is 2.61. The van der Waals surface area contributed by atoms with E-state index in [0.29, 0.717) is 18.5 Å². The maximum atomic E-state index is 11.1. The van der Waals surface area contributed by atoms with Crippen molar-refractivity contribution in [2.45, 2.75) is 58.0 Å². The second-order valence-electron chi connectivity index (χ2n) is 4.65. The molecule has 0 aliphatic carbocycles. The molecule has 0 radical (unpaired) electrons. The van der Waals surface area contributed by atoms with E-state index in [-0.39, 0.29) is 12.4 Å². The number of hydrogen-bond donors (Lipinski definition) is 1. The van der Waals surface area contributed by atoms with Crippen LogP contribution >= 0.6 is 0 Å². The number of carbonyl (C=O) groups excluding carboxylic acids is 1. The molecule has 15 heavy (non-hydrogen) atoms. The van der Waals surface area contributed by atoms with E-state index in [0.717, 1.165) is 19.4 Å². The van der Waals surface area contributed by atoms with Crippen LogP contribution in [0, 0.1) is 0 Å². The molecule has 0 bridgehead atoms. The Hall–Kier alpha value is -0.410. The average Bonchev–Trinajstić information content (AvgIpc) is 2.61. The summed E-state index contributed by atoms with van der Waals surface area (Å²) in [6.45, 7) is 5.20. The van der Waals surface area contributed by atoms with Crippen LogP contribution in [0.15, 0.2) is 0 Å². The third-order valence-electron chi connectivity index (χ3n) is 3.27. The van der Waals surface area contributed by atoms with E-state index in [4.69, 9.17) is 5.11 Å². The average molecular weight is 213 g/mol. The summed E-state index contributed by atoms with van der Waals surface area (Å²) in [7, 11) is 0. The van der Waals surface area contributed by atoms with Crippen LogP contribution in [0.4, 0.5) is 0 Å². The molecule has 1 heterocycles. The van der Waals surface area contributed by atoms with Crippen LogP contribution in [0.2, 0.25) is 0 Å². The summed E-state index contributed by atoms with van der Waals surface area (Å²) in [4.78, 5) is 13.5. The van der Waals surface area contributed by atoms with E-state index in [9.17, 15) is 4.79 Å². The standard InChI is InChI=1S/C12H23NO2/c1-10(9-11(2)15)13-7-3-5-12(13)6-4-8-14/h10,12,14H,3-9H2,1-2H3. The third-order valence-corrected chi connectivity index (χ3v) is 3.27. The third kappa shape index (κ3) is 3.92. The molecule has 1 fully saturated rings. The zero-order valence-electron chi connectivity index (χ0n) is 9.91. The monoisotopic (exact) mass is 213 g/mol. The van der Waals surface area contributed by atoms with Crippen molar-refractivity contribution in [3.63, 3.8) is 0 Å². The van der Waals surface area contributed by atoms with Gasteiger partial charge in [-0.1, -0.05) is 0 Å². The topological polar surface area (TPSA) is 40.5 Å². The minimum Gasteiger partial charge on any atom is -0.396 e. The molecule has 0 aromatic heterocycles. The predicted molar refractivity (Wildman–Crippen MR) is 60.8 cm³/mol. The summed E-state index contributed by atoms with van der Waals surface area (Å²) >= 11 is 0. The van der Waals surface area contributed by atoms with Crippen LogP contribution < -0.4 is 0 Å². The lowest BCUT2D eigenvalue weighted by Crippen LogP contribution is -2.38. The van der Waals surface area contributed by atoms with Gasteiger partial charge in [-0.05, 0) is 46.1 Å². The molecular formula is C12H23NO2. The summed E-state index contributed by atoms with van der Waals surface area (Å²) in [6.07, 6.45) is 5.07.